The minimum atomic E-state index is -0.578. The van der Waals surface area contributed by atoms with Gasteiger partial charge in [0.25, 0.3) is 5.91 Å². The Morgan fingerprint density at radius 3 is 2.88 bits per heavy atom. The number of benzene rings is 1. The van der Waals surface area contributed by atoms with Crippen LogP contribution in [0.4, 0.5) is 0 Å². The molecule has 0 saturated carbocycles. The fourth-order valence-electron chi connectivity index (χ4n) is 3.31. The molecule has 4 N–H and O–H groups in total. The van der Waals surface area contributed by atoms with E-state index in [1.165, 1.54) is 0 Å². The molecule has 7 nitrogen and oxygen atoms in total. The molecule has 1 aromatic rings. The van der Waals surface area contributed by atoms with Crippen LogP contribution in [-0.2, 0) is 22.7 Å². The van der Waals surface area contributed by atoms with E-state index in [4.69, 9.17) is 5.73 Å². The Morgan fingerprint density at radius 2 is 2.12 bits per heavy atom. The van der Waals surface area contributed by atoms with E-state index in [0.29, 0.717) is 38.2 Å². The number of carbonyl (C=O) groups excluding carboxylic acids is 3. The van der Waals surface area contributed by atoms with Gasteiger partial charge in [-0.3, -0.25) is 19.7 Å². The van der Waals surface area contributed by atoms with Crippen LogP contribution in [0.2, 0.25) is 0 Å². The fourth-order valence-corrected chi connectivity index (χ4v) is 3.31. The molecule has 1 fully saturated rings. The van der Waals surface area contributed by atoms with Crippen molar-refractivity contribution in [1.82, 2.24) is 15.5 Å². The lowest BCUT2D eigenvalue weighted by atomic mass is 10.0. The molecule has 2 aliphatic rings. The molecule has 0 aromatic heterocycles. The van der Waals surface area contributed by atoms with Crippen LogP contribution in [0.3, 0.4) is 0 Å². The van der Waals surface area contributed by atoms with E-state index in [-0.39, 0.29) is 24.1 Å². The zero-order valence-electron chi connectivity index (χ0n) is 14.0. The molecule has 25 heavy (non-hydrogen) atoms. The number of amides is 3. The van der Waals surface area contributed by atoms with Gasteiger partial charge in [-0.1, -0.05) is 30.4 Å². The standard InChI is InChI=1S/C18H22N4O3/c19-8-1-2-9-20-10-12-4-3-5-13-11-22(18(25)16(12)13)14-6-7-15(23)21-17(14)24/h1-5,14,20H,6-11,19H2,(H,21,23,24)/b2-1-. The molecule has 2 aliphatic heterocycles. The van der Waals surface area contributed by atoms with Crippen molar-refractivity contribution >= 4 is 17.7 Å². The summed E-state index contributed by atoms with van der Waals surface area (Å²) in [5.41, 5.74) is 7.91. The molecule has 0 spiro atoms. The molecule has 1 saturated heterocycles. The van der Waals surface area contributed by atoms with Crippen LogP contribution in [0.25, 0.3) is 0 Å². The number of nitrogens with one attached hydrogen (secondary N) is 2. The summed E-state index contributed by atoms with van der Waals surface area (Å²) in [6.45, 7) is 2.14. The molecule has 3 rings (SSSR count). The lowest BCUT2D eigenvalue weighted by molar-refractivity contribution is -0.136. The van der Waals surface area contributed by atoms with Crippen molar-refractivity contribution in [3.05, 3.63) is 47.0 Å². The number of fused-ring (bicyclic) bond motifs is 1. The van der Waals surface area contributed by atoms with Gasteiger partial charge in [0, 0.05) is 38.2 Å². The number of carbonyl (C=O) groups is 3. The predicted molar refractivity (Wildman–Crippen MR) is 92.4 cm³/mol. The molecule has 0 bridgehead atoms. The van der Waals surface area contributed by atoms with Gasteiger partial charge < -0.3 is 16.0 Å². The fraction of sp³-hybridized carbons (Fsp3) is 0.389. The Kier molecular flexibility index (Phi) is 5.25. The third-order valence-corrected chi connectivity index (χ3v) is 4.52. The molecule has 1 unspecified atom stereocenters. The summed E-state index contributed by atoms with van der Waals surface area (Å²) in [7, 11) is 0. The summed E-state index contributed by atoms with van der Waals surface area (Å²) in [6.07, 6.45) is 4.46. The van der Waals surface area contributed by atoms with Crippen LogP contribution >= 0.6 is 0 Å². The van der Waals surface area contributed by atoms with Gasteiger partial charge in [-0.2, -0.15) is 0 Å². The monoisotopic (exact) mass is 342 g/mol. The number of piperidine rings is 1. The van der Waals surface area contributed by atoms with E-state index in [2.05, 4.69) is 10.6 Å². The average molecular weight is 342 g/mol. The molecule has 2 heterocycles. The summed E-state index contributed by atoms with van der Waals surface area (Å²) in [5.74, 6) is -0.802. The first-order chi connectivity index (χ1) is 12.1. The Morgan fingerprint density at radius 1 is 1.28 bits per heavy atom. The molecule has 7 heteroatoms. The molecular weight excluding hydrogens is 320 g/mol. The van der Waals surface area contributed by atoms with Crippen molar-refractivity contribution in [2.45, 2.75) is 32.0 Å². The van der Waals surface area contributed by atoms with Crippen molar-refractivity contribution in [3.63, 3.8) is 0 Å². The van der Waals surface area contributed by atoms with Crippen LogP contribution in [-0.4, -0.2) is 41.8 Å². The third-order valence-electron chi connectivity index (χ3n) is 4.52. The van der Waals surface area contributed by atoms with Gasteiger partial charge in [0.2, 0.25) is 11.8 Å². The minimum absolute atomic E-state index is 0.139. The molecule has 0 aliphatic carbocycles. The van der Waals surface area contributed by atoms with Crippen LogP contribution in [0, 0.1) is 0 Å². The minimum Gasteiger partial charge on any atom is -0.327 e. The summed E-state index contributed by atoms with van der Waals surface area (Å²) >= 11 is 0. The van der Waals surface area contributed by atoms with Crippen molar-refractivity contribution < 1.29 is 14.4 Å². The van der Waals surface area contributed by atoms with Crippen molar-refractivity contribution in [3.8, 4) is 0 Å². The third kappa shape index (κ3) is 3.62. The van der Waals surface area contributed by atoms with Crippen molar-refractivity contribution in [2.24, 2.45) is 5.73 Å². The van der Waals surface area contributed by atoms with Gasteiger partial charge in [-0.15, -0.1) is 0 Å². The van der Waals surface area contributed by atoms with Gasteiger partial charge >= 0.3 is 0 Å². The first-order valence-corrected chi connectivity index (χ1v) is 8.43. The highest BCUT2D eigenvalue weighted by atomic mass is 16.2. The van der Waals surface area contributed by atoms with E-state index < -0.39 is 6.04 Å². The lowest BCUT2D eigenvalue weighted by Gasteiger charge is -2.29. The molecule has 132 valence electrons. The maximum absolute atomic E-state index is 12.9. The first-order valence-electron chi connectivity index (χ1n) is 8.43. The SMILES string of the molecule is NC/C=C\CNCc1cccc2c1C(=O)N(C1CCC(=O)NC1=O)C2. The number of rotatable bonds is 6. The molecule has 1 atom stereocenters. The van der Waals surface area contributed by atoms with Crippen molar-refractivity contribution in [2.75, 3.05) is 13.1 Å². The lowest BCUT2D eigenvalue weighted by Crippen LogP contribution is -2.52. The van der Waals surface area contributed by atoms with Crippen LogP contribution < -0.4 is 16.4 Å². The Bertz CT molecular complexity index is 729. The maximum Gasteiger partial charge on any atom is 0.255 e. The average Bonchev–Trinajstić information content (AvgIpc) is 2.92. The van der Waals surface area contributed by atoms with Crippen LogP contribution in [0.1, 0.15) is 34.3 Å². The predicted octanol–water partition coefficient (Wildman–Crippen LogP) is 0.0521. The summed E-state index contributed by atoms with van der Waals surface area (Å²) in [4.78, 5) is 37.9. The van der Waals surface area contributed by atoms with Crippen LogP contribution in [0.15, 0.2) is 30.4 Å². The second-order valence-corrected chi connectivity index (χ2v) is 6.19. The second-order valence-electron chi connectivity index (χ2n) is 6.19. The highest BCUT2D eigenvalue weighted by molar-refractivity contribution is 6.05. The van der Waals surface area contributed by atoms with E-state index in [1.807, 2.05) is 30.4 Å². The van der Waals surface area contributed by atoms with E-state index >= 15 is 0 Å². The summed E-state index contributed by atoms with van der Waals surface area (Å²) in [5, 5.41) is 5.58. The Labute approximate surface area is 146 Å². The maximum atomic E-state index is 12.9. The van der Waals surface area contributed by atoms with Gasteiger partial charge in [-0.05, 0) is 17.5 Å². The Balaban J connectivity index is 1.73. The normalized spacial score (nSPS) is 20.3. The highest BCUT2D eigenvalue weighted by Crippen LogP contribution is 2.29. The van der Waals surface area contributed by atoms with E-state index in [1.54, 1.807) is 4.90 Å². The van der Waals surface area contributed by atoms with Gasteiger partial charge in [0.15, 0.2) is 0 Å². The largest absolute Gasteiger partial charge is 0.327 e. The second kappa shape index (κ2) is 7.58. The number of nitrogens with two attached hydrogens (primary N) is 1. The molecular formula is C18H22N4O3. The van der Waals surface area contributed by atoms with Crippen LogP contribution in [0.5, 0.6) is 0 Å². The number of hydrogen-bond acceptors (Lipinski definition) is 5. The molecule has 0 radical (unpaired) electrons. The van der Waals surface area contributed by atoms with Gasteiger partial charge in [0.1, 0.15) is 6.04 Å². The summed E-state index contributed by atoms with van der Waals surface area (Å²) in [6, 6.07) is 5.18. The number of hydrogen-bond donors (Lipinski definition) is 3. The van der Waals surface area contributed by atoms with Gasteiger partial charge in [-0.25, -0.2) is 0 Å². The van der Waals surface area contributed by atoms with Crippen molar-refractivity contribution in [1.29, 1.82) is 0 Å². The first kappa shape index (κ1) is 17.3. The molecule has 1 aromatic carbocycles. The van der Waals surface area contributed by atoms with Gasteiger partial charge in [0.05, 0.1) is 0 Å². The number of nitrogens with zero attached hydrogens (tertiary/aromatic N) is 1. The quantitative estimate of drug-likeness (QED) is 0.385. The number of imide groups is 1. The Hall–Kier alpha value is -2.51. The zero-order valence-corrected chi connectivity index (χ0v) is 14.0. The molecule has 3 amide bonds. The van der Waals surface area contributed by atoms with E-state index in [0.717, 1.165) is 11.1 Å². The summed E-state index contributed by atoms with van der Waals surface area (Å²) < 4.78 is 0. The zero-order chi connectivity index (χ0) is 17.8. The van der Waals surface area contributed by atoms with E-state index in [9.17, 15) is 14.4 Å². The highest BCUT2D eigenvalue weighted by Gasteiger charge is 2.39. The smallest absolute Gasteiger partial charge is 0.255 e. The topological polar surface area (TPSA) is 105 Å².